The van der Waals surface area contributed by atoms with Crippen molar-refractivity contribution in [1.82, 2.24) is 9.96 Å². The van der Waals surface area contributed by atoms with Gasteiger partial charge in [0.05, 0.1) is 8.39 Å². The lowest BCUT2D eigenvalue weighted by Gasteiger charge is -2.30. The highest BCUT2D eigenvalue weighted by atomic mass is 32.2. The van der Waals surface area contributed by atoms with E-state index in [0.717, 1.165) is 34.1 Å². The van der Waals surface area contributed by atoms with Crippen molar-refractivity contribution in [2.45, 2.75) is 51.6 Å². The summed E-state index contributed by atoms with van der Waals surface area (Å²) < 4.78 is 2.11. The first-order valence-corrected chi connectivity index (χ1v) is 14.3. The van der Waals surface area contributed by atoms with E-state index in [2.05, 4.69) is 35.6 Å². The van der Waals surface area contributed by atoms with Crippen molar-refractivity contribution in [3.05, 3.63) is 22.5 Å². The number of nitrogens with one attached hydrogen (secondary N) is 2. The molecular weight excluding hydrogens is 377 g/mol. The number of allylic oxidation sites excluding steroid dienone is 2. The number of hydrogen-bond acceptors (Lipinski definition) is 6. The van der Waals surface area contributed by atoms with Crippen LogP contribution in [-0.4, -0.2) is 29.3 Å². The molecule has 2 aliphatic carbocycles. The Labute approximate surface area is 160 Å². The second-order valence-corrected chi connectivity index (χ2v) is 13.2. The van der Waals surface area contributed by atoms with Crippen LogP contribution in [0.4, 0.5) is 0 Å². The lowest BCUT2D eigenvalue weighted by Crippen LogP contribution is -2.56. The van der Waals surface area contributed by atoms with Crippen LogP contribution in [0.3, 0.4) is 0 Å². The van der Waals surface area contributed by atoms with Crippen LogP contribution >= 0.6 is 48.0 Å². The topological polar surface area (TPSA) is 24.1 Å². The van der Waals surface area contributed by atoms with Crippen molar-refractivity contribution in [2.24, 2.45) is 0 Å². The Hall–Kier alpha value is 0.177. The maximum absolute atomic E-state index is 5.52. The van der Waals surface area contributed by atoms with Gasteiger partial charge in [0.15, 0.2) is 0 Å². The average Bonchev–Trinajstić information content (AvgIpc) is 3.14. The SMILES string of the molecule is CSC(=S)C1=C(N[Si](C)(C)NC2=C(C(=S)SC)CCC2)CCC1. The third-order valence-electron chi connectivity index (χ3n) is 4.23. The van der Waals surface area contributed by atoms with Gasteiger partial charge in [0.2, 0.25) is 0 Å². The van der Waals surface area contributed by atoms with E-state index < -0.39 is 8.40 Å². The molecule has 0 saturated carbocycles. The molecule has 0 unspecified atom stereocenters. The summed E-state index contributed by atoms with van der Waals surface area (Å²) in [6, 6.07) is 0. The van der Waals surface area contributed by atoms with Gasteiger partial charge in [-0.25, -0.2) is 0 Å². The summed E-state index contributed by atoms with van der Waals surface area (Å²) in [5, 5.41) is 0. The van der Waals surface area contributed by atoms with Crippen molar-refractivity contribution in [3.8, 4) is 0 Å². The molecule has 0 aromatic rings. The molecule has 2 N–H and O–H groups in total. The van der Waals surface area contributed by atoms with Gasteiger partial charge in [-0.05, 0) is 75.3 Å². The van der Waals surface area contributed by atoms with Gasteiger partial charge in [-0.1, -0.05) is 24.4 Å². The van der Waals surface area contributed by atoms with Crippen LogP contribution in [0.25, 0.3) is 0 Å². The first kappa shape index (κ1) is 19.5. The molecule has 0 heterocycles. The van der Waals surface area contributed by atoms with Crippen LogP contribution in [-0.2, 0) is 0 Å². The summed E-state index contributed by atoms with van der Waals surface area (Å²) in [7, 11) is -1.79. The Morgan fingerprint density at radius 1 is 0.826 bits per heavy atom. The minimum atomic E-state index is -1.79. The molecule has 23 heavy (non-hydrogen) atoms. The largest absolute Gasteiger partial charge is 0.398 e. The quantitative estimate of drug-likeness (QED) is 0.472. The van der Waals surface area contributed by atoms with Crippen molar-refractivity contribution in [3.63, 3.8) is 0 Å². The van der Waals surface area contributed by atoms with Gasteiger partial charge in [-0.3, -0.25) is 0 Å². The highest BCUT2D eigenvalue weighted by Crippen LogP contribution is 2.31. The highest BCUT2D eigenvalue weighted by Gasteiger charge is 2.30. The molecule has 2 rings (SSSR count). The Kier molecular flexibility index (Phi) is 7.22. The zero-order valence-electron chi connectivity index (χ0n) is 14.4. The van der Waals surface area contributed by atoms with Crippen molar-refractivity contribution in [1.29, 1.82) is 0 Å². The second-order valence-electron chi connectivity index (χ2n) is 6.48. The minimum Gasteiger partial charge on any atom is -0.398 e. The van der Waals surface area contributed by atoms with E-state index in [1.165, 1.54) is 35.4 Å². The molecule has 0 aliphatic heterocycles. The third kappa shape index (κ3) is 5.08. The van der Waals surface area contributed by atoms with Gasteiger partial charge in [0.25, 0.3) is 8.40 Å². The van der Waals surface area contributed by atoms with Crippen LogP contribution in [0.5, 0.6) is 0 Å². The lowest BCUT2D eigenvalue weighted by atomic mass is 10.2. The molecule has 0 spiro atoms. The zero-order valence-corrected chi connectivity index (χ0v) is 18.6. The van der Waals surface area contributed by atoms with Crippen molar-refractivity contribution >= 4 is 64.7 Å². The highest BCUT2D eigenvalue weighted by molar-refractivity contribution is 8.23. The maximum atomic E-state index is 5.52. The number of thioether (sulfide) groups is 2. The molecule has 2 nitrogen and oxygen atoms in total. The fourth-order valence-electron chi connectivity index (χ4n) is 3.25. The Morgan fingerprint density at radius 2 is 1.22 bits per heavy atom. The van der Waals surface area contributed by atoms with Gasteiger partial charge in [-0.15, -0.1) is 23.5 Å². The van der Waals surface area contributed by atoms with E-state index in [0.29, 0.717) is 0 Å². The van der Waals surface area contributed by atoms with Crippen LogP contribution in [0.1, 0.15) is 38.5 Å². The number of hydrogen-bond donors (Lipinski definition) is 2. The van der Waals surface area contributed by atoms with Gasteiger partial charge in [-0.2, -0.15) is 0 Å². The first-order chi connectivity index (χ1) is 10.9. The number of rotatable bonds is 6. The normalized spacial score (nSPS) is 18.6. The van der Waals surface area contributed by atoms with E-state index in [4.69, 9.17) is 24.4 Å². The lowest BCUT2D eigenvalue weighted by molar-refractivity contribution is 0.847. The summed E-state index contributed by atoms with van der Waals surface area (Å²) in [5.41, 5.74) is 5.49. The second kappa shape index (κ2) is 8.51. The molecule has 0 saturated heterocycles. The minimum absolute atomic E-state index is 1.05. The molecule has 2 aliphatic rings. The van der Waals surface area contributed by atoms with Gasteiger partial charge >= 0.3 is 0 Å². The maximum Gasteiger partial charge on any atom is 0.252 e. The Morgan fingerprint density at radius 3 is 1.57 bits per heavy atom. The monoisotopic (exact) mass is 402 g/mol. The first-order valence-electron chi connectivity index (χ1n) is 8.05. The van der Waals surface area contributed by atoms with E-state index in [1.807, 2.05) is 0 Å². The molecule has 0 amide bonds. The van der Waals surface area contributed by atoms with Crippen LogP contribution < -0.4 is 9.96 Å². The molecular formula is C16H26N2S4Si. The summed E-state index contributed by atoms with van der Waals surface area (Å²) >= 11 is 14.4. The molecule has 0 aromatic carbocycles. The molecule has 0 atom stereocenters. The molecule has 7 heteroatoms. The third-order valence-corrected chi connectivity index (χ3v) is 8.81. The van der Waals surface area contributed by atoms with Crippen LogP contribution in [0.2, 0.25) is 13.1 Å². The van der Waals surface area contributed by atoms with E-state index in [9.17, 15) is 0 Å². The fourth-order valence-corrected chi connectivity index (χ4v) is 6.76. The molecule has 0 aromatic heterocycles. The van der Waals surface area contributed by atoms with Crippen molar-refractivity contribution in [2.75, 3.05) is 12.5 Å². The standard InChI is InChI=1S/C16H26N2S4Si/c1-21-15(19)11-7-5-9-13(11)17-23(3,4)18-14-10-6-8-12(14)16(20)22-2/h17-18H,5-10H2,1-4H3. The molecule has 0 bridgehead atoms. The van der Waals surface area contributed by atoms with E-state index in [1.54, 1.807) is 23.5 Å². The Balaban J connectivity index is 2.13. The van der Waals surface area contributed by atoms with Gasteiger partial charge in [0.1, 0.15) is 0 Å². The zero-order chi connectivity index (χ0) is 17.0. The molecule has 0 fully saturated rings. The summed E-state index contributed by atoms with van der Waals surface area (Å²) in [6.45, 7) is 4.67. The smallest absolute Gasteiger partial charge is 0.252 e. The van der Waals surface area contributed by atoms with Crippen LogP contribution in [0, 0.1) is 0 Å². The van der Waals surface area contributed by atoms with Crippen LogP contribution in [0.15, 0.2) is 22.5 Å². The molecule has 0 radical (unpaired) electrons. The van der Waals surface area contributed by atoms with Crippen molar-refractivity contribution < 1.29 is 0 Å². The average molecular weight is 403 g/mol. The summed E-state index contributed by atoms with van der Waals surface area (Å²) in [4.78, 5) is 7.69. The van der Waals surface area contributed by atoms with Gasteiger partial charge in [0, 0.05) is 11.4 Å². The Bertz CT molecular complexity index is 518. The predicted molar refractivity (Wildman–Crippen MR) is 118 cm³/mol. The van der Waals surface area contributed by atoms with E-state index >= 15 is 0 Å². The van der Waals surface area contributed by atoms with Gasteiger partial charge < -0.3 is 9.96 Å². The fraction of sp³-hybridized carbons (Fsp3) is 0.625. The molecule has 128 valence electrons. The summed E-state index contributed by atoms with van der Waals surface area (Å²) in [6.07, 6.45) is 11.1. The summed E-state index contributed by atoms with van der Waals surface area (Å²) in [5.74, 6) is 0. The predicted octanol–water partition coefficient (Wildman–Crippen LogP) is 5.12. The number of thiocarbonyl (C=S) groups is 2. The van der Waals surface area contributed by atoms with E-state index in [-0.39, 0.29) is 0 Å².